The standard InChI is InChI=1S/C18H20N2O4/c21-14-5-12-1-2-13(6-14)20(12)8-11-3-10-4-16-17(24-9-23-16)7-15(10)19-18(11)22/h3-4,7,12-14,21H,1-2,5-6,8-9H2,(H,19,22)/t12-,13+,14?. The van der Waals surface area contributed by atoms with Crippen LogP contribution in [0.3, 0.4) is 0 Å². The Balaban J connectivity index is 1.50. The van der Waals surface area contributed by atoms with E-state index in [4.69, 9.17) is 9.47 Å². The van der Waals surface area contributed by atoms with Crippen LogP contribution in [0, 0.1) is 0 Å². The van der Waals surface area contributed by atoms with Gasteiger partial charge in [0, 0.05) is 35.6 Å². The van der Waals surface area contributed by atoms with E-state index >= 15 is 0 Å². The first-order valence-corrected chi connectivity index (χ1v) is 8.57. The van der Waals surface area contributed by atoms with Gasteiger partial charge >= 0.3 is 0 Å². The van der Waals surface area contributed by atoms with Crippen molar-refractivity contribution in [1.82, 2.24) is 9.88 Å². The van der Waals surface area contributed by atoms with Gasteiger partial charge in [-0.3, -0.25) is 9.69 Å². The van der Waals surface area contributed by atoms with Gasteiger partial charge in [0.1, 0.15) is 0 Å². The second-order valence-corrected chi connectivity index (χ2v) is 7.10. The van der Waals surface area contributed by atoms with E-state index in [0.29, 0.717) is 24.4 Å². The molecule has 3 atom stereocenters. The fraction of sp³-hybridized carbons (Fsp3) is 0.500. The number of ether oxygens (including phenoxy) is 2. The van der Waals surface area contributed by atoms with E-state index in [0.717, 1.165) is 47.9 Å². The lowest BCUT2D eigenvalue weighted by molar-refractivity contribution is 0.0308. The zero-order chi connectivity index (χ0) is 16.3. The number of piperidine rings is 1. The topological polar surface area (TPSA) is 74.8 Å². The summed E-state index contributed by atoms with van der Waals surface area (Å²) in [6, 6.07) is 6.49. The van der Waals surface area contributed by atoms with E-state index in [1.165, 1.54) is 0 Å². The van der Waals surface area contributed by atoms with Gasteiger partial charge < -0.3 is 19.6 Å². The van der Waals surface area contributed by atoms with E-state index in [9.17, 15) is 9.90 Å². The van der Waals surface area contributed by atoms with E-state index in [2.05, 4.69) is 9.88 Å². The van der Waals surface area contributed by atoms with Gasteiger partial charge in [-0.05, 0) is 37.8 Å². The molecule has 4 heterocycles. The zero-order valence-corrected chi connectivity index (χ0v) is 13.3. The summed E-state index contributed by atoms with van der Waals surface area (Å²) in [5.74, 6) is 1.40. The molecule has 0 radical (unpaired) electrons. The molecule has 2 saturated heterocycles. The number of hydrogen-bond acceptors (Lipinski definition) is 5. The van der Waals surface area contributed by atoms with Gasteiger partial charge in [-0.2, -0.15) is 0 Å². The molecule has 1 aromatic heterocycles. The fourth-order valence-electron chi connectivity index (χ4n) is 4.46. The Bertz CT molecular complexity index is 848. The molecule has 2 fully saturated rings. The van der Waals surface area contributed by atoms with E-state index in [1.807, 2.05) is 18.2 Å². The molecule has 2 aromatic rings. The van der Waals surface area contributed by atoms with Gasteiger partial charge in [-0.25, -0.2) is 0 Å². The van der Waals surface area contributed by atoms with Crippen molar-refractivity contribution < 1.29 is 14.6 Å². The number of benzene rings is 1. The number of aliphatic hydroxyl groups is 1. The van der Waals surface area contributed by atoms with Crippen molar-refractivity contribution in [2.24, 2.45) is 0 Å². The lowest BCUT2D eigenvalue weighted by Gasteiger charge is -2.37. The monoisotopic (exact) mass is 328 g/mol. The molecule has 0 amide bonds. The smallest absolute Gasteiger partial charge is 0.252 e. The summed E-state index contributed by atoms with van der Waals surface area (Å²) in [5.41, 5.74) is 1.49. The minimum absolute atomic E-state index is 0.0492. The van der Waals surface area contributed by atoms with Crippen LogP contribution in [-0.2, 0) is 6.54 Å². The highest BCUT2D eigenvalue weighted by atomic mass is 16.7. The molecule has 6 heteroatoms. The van der Waals surface area contributed by atoms with Crippen molar-refractivity contribution in [2.45, 2.75) is 50.4 Å². The average molecular weight is 328 g/mol. The van der Waals surface area contributed by atoms with Crippen LogP contribution in [0.2, 0.25) is 0 Å². The average Bonchev–Trinajstić information content (AvgIpc) is 3.08. The van der Waals surface area contributed by atoms with Crippen molar-refractivity contribution >= 4 is 10.9 Å². The summed E-state index contributed by atoms with van der Waals surface area (Å²) >= 11 is 0. The third kappa shape index (κ3) is 2.21. The lowest BCUT2D eigenvalue weighted by atomic mass is 9.99. The molecule has 6 nitrogen and oxygen atoms in total. The third-order valence-electron chi connectivity index (χ3n) is 5.63. The first-order valence-electron chi connectivity index (χ1n) is 8.57. The number of aromatic amines is 1. The Hall–Kier alpha value is -2.05. The van der Waals surface area contributed by atoms with Gasteiger partial charge in [-0.1, -0.05) is 0 Å². The van der Waals surface area contributed by atoms with Crippen molar-refractivity contribution in [3.63, 3.8) is 0 Å². The molecular weight excluding hydrogens is 308 g/mol. The predicted molar refractivity (Wildman–Crippen MR) is 88.3 cm³/mol. The second-order valence-electron chi connectivity index (χ2n) is 7.10. The number of fused-ring (bicyclic) bond motifs is 4. The summed E-state index contributed by atoms with van der Waals surface area (Å²) in [4.78, 5) is 17.9. The summed E-state index contributed by atoms with van der Waals surface area (Å²) in [7, 11) is 0. The molecule has 2 bridgehead atoms. The maximum atomic E-state index is 12.5. The summed E-state index contributed by atoms with van der Waals surface area (Å²) in [6.45, 7) is 0.865. The van der Waals surface area contributed by atoms with Crippen molar-refractivity contribution in [1.29, 1.82) is 0 Å². The lowest BCUT2D eigenvalue weighted by Crippen LogP contribution is -2.44. The number of aliphatic hydroxyl groups excluding tert-OH is 1. The largest absolute Gasteiger partial charge is 0.454 e. The van der Waals surface area contributed by atoms with Gasteiger partial charge in [0.2, 0.25) is 6.79 Å². The van der Waals surface area contributed by atoms with Crippen LogP contribution in [0.25, 0.3) is 10.9 Å². The third-order valence-corrected chi connectivity index (χ3v) is 5.63. The van der Waals surface area contributed by atoms with Gasteiger partial charge in [0.05, 0.1) is 11.6 Å². The second kappa shape index (κ2) is 5.22. The van der Waals surface area contributed by atoms with Crippen LogP contribution in [-0.4, -0.2) is 40.0 Å². The predicted octanol–water partition coefficient (Wildman–Crippen LogP) is 1.74. The van der Waals surface area contributed by atoms with Gasteiger partial charge in [0.15, 0.2) is 11.5 Å². The number of aromatic nitrogens is 1. The first-order chi connectivity index (χ1) is 11.7. The van der Waals surface area contributed by atoms with Crippen molar-refractivity contribution in [3.05, 3.63) is 34.1 Å². The zero-order valence-electron chi connectivity index (χ0n) is 13.3. The quantitative estimate of drug-likeness (QED) is 0.878. The Morgan fingerprint density at radius 3 is 2.58 bits per heavy atom. The number of pyridine rings is 1. The van der Waals surface area contributed by atoms with E-state index < -0.39 is 0 Å². The van der Waals surface area contributed by atoms with E-state index in [1.54, 1.807) is 0 Å². The van der Waals surface area contributed by atoms with Crippen LogP contribution >= 0.6 is 0 Å². The molecular formula is C18H20N2O4. The molecule has 5 rings (SSSR count). The maximum absolute atomic E-state index is 12.5. The SMILES string of the molecule is O=c1[nH]c2cc3c(cc2cc1CN1[C@@H]2CC[C@H]1CC(O)C2)OCO3. The number of rotatable bonds is 2. The van der Waals surface area contributed by atoms with E-state index in [-0.39, 0.29) is 18.5 Å². The van der Waals surface area contributed by atoms with Crippen LogP contribution in [0.15, 0.2) is 23.0 Å². The summed E-state index contributed by atoms with van der Waals surface area (Å²) in [5, 5.41) is 10.9. The highest BCUT2D eigenvalue weighted by Crippen LogP contribution is 2.38. The van der Waals surface area contributed by atoms with Crippen molar-refractivity contribution in [3.8, 4) is 11.5 Å². The summed E-state index contributed by atoms with van der Waals surface area (Å²) < 4.78 is 10.8. The molecule has 1 unspecified atom stereocenters. The number of hydrogen-bond donors (Lipinski definition) is 2. The molecule has 0 aliphatic carbocycles. The molecule has 24 heavy (non-hydrogen) atoms. The Labute approximate surface area is 139 Å². The Morgan fingerprint density at radius 2 is 1.83 bits per heavy atom. The van der Waals surface area contributed by atoms with Crippen LogP contribution < -0.4 is 15.0 Å². The molecule has 3 aliphatic heterocycles. The number of H-pyrrole nitrogens is 1. The van der Waals surface area contributed by atoms with Gasteiger partial charge in [-0.15, -0.1) is 0 Å². The maximum Gasteiger partial charge on any atom is 0.252 e. The Kier molecular flexibility index (Phi) is 3.11. The van der Waals surface area contributed by atoms with Gasteiger partial charge in [0.25, 0.3) is 5.56 Å². The molecule has 0 saturated carbocycles. The molecule has 3 aliphatic rings. The van der Waals surface area contributed by atoms with Crippen molar-refractivity contribution in [2.75, 3.05) is 6.79 Å². The van der Waals surface area contributed by atoms with Crippen LogP contribution in [0.4, 0.5) is 0 Å². The minimum atomic E-state index is -0.187. The minimum Gasteiger partial charge on any atom is -0.454 e. The molecule has 1 aromatic carbocycles. The highest BCUT2D eigenvalue weighted by molar-refractivity contribution is 5.83. The summed E-state index contributed by atoms with van der Waals surface area (Å²) in [6.07, 6.45) is 3.69. The molecule has 0 spiro atoms. The molecule has 126 valence electrons. The first kappa shape index (κ1) is 14.3. The van der Waals surface area contributed by atoms with Crippen LogP contribution in [0.5, 0.6) is 11.5 Å². The van der Waals surface area contributed by atoms with Crippen LogP contribution in [0.1, 0.15) is 31.2 Å². The normalized spacial score (nSPS) is 28.6. The molecule has 2 N–H and O–H groups in total. The Morgan fingerprint density at radius 1 is 1.12 bits per heavy atom. The fourth-order valence-corrected chi connectivity index (χ4v) is 4.46. The number of nitrogens with one attached hydrogen (secondary N) is 1. The number of nitrogens with zero attached hydrogens (tertiary/aromatic N) is 1. The highest BCUT2D eigenvalue weighted by Gasteiger charge is 2.40.